The van der Waals surface area contributed by atoms with Crippen molar-refractivity contribution in [2.45, 2.75) is 87.4 Å². The van der Waals surface area contributed by atoms with E-state index in [4.69, 9.17) is 0 Å². The highest BCUT2D eigenvalue weighted by molar-refractivity contribution is 5.12. The summed E-state index contributed by atoms with van der Waals surface area (Å²) in [6.07, 6.45) is 11.9. The monoisotopic (exact) mass is 329 g/mol. The van der Waals surface area contributed by atoms with E-state index in [9.17, 15) is 10.4 Å². The Labute approximate surface area is 145 Å². The third kappa shape index (κ3) is 2.43. The Morgan fingerprint density at radius 3 is 2.62 bits per heavy atom. The quantitative estimate of drug-likeness (QED) is 0.761. The topological polar surface area (TPSA) is 59.3 Å². The van der Waals surface area contributed by atoms with Gasteiger partial charge in [-0.15, -0.1) is 0 Å². The summed E-state index contributed by atoms with van der Waals surface area (Å²) in [5.41, 5.74) is -0.144. The third-order valence-electron chi connectivity index (χ3n) is 7.97. The zero-order valence-electron chi connectivity index (χ0n) is 14.7. The van der Waals surface area contributed by atoms with Crippen molar-refractivity contribution < 1.29 is 5.11 Å². The Morgan fingerprint density at radius 1 is 1.12 bits per heavy atom. The molecule has 132 valence electrons. The molecule has 0 amide bonds. The van der Waals surface area contributed by atoms with Gasteiger partial charge in [-0.3, -0.25) is 4.90 Å². The van der Waals surface area contributed by atoms with Gasteiger partial charge in [0, 0.05) is 18.1 Å². The molecular formula is C20H31N3O. The molecule has 0 aromatic carbocycles. The van der Waals surface area contributed by atoms with Crippen molar-refractivity contribution in [1.29, 1.82) is 5.26 Å². The van der Waals surface area contributed by atoms with Crippen molar-refractivity contribution >= 4 is 0 Å². The minimum Gasteiger partial charge on any atom is -0.390 e. The fourth-order valence-corrected chi connectivity index (χ4v) is 7.61. The van der Waals surface area contributed by atoms with E-state index in [1.54, 1.807) is 0 Å². The van der Waals surface area contributed by atoms with Crippen molar-refractivity contribution in [3.05, 3.63) is 0 Å². The van der Waals surface area contributed by atoms with E-state index in [1.165, 1.54) is 38.5 Å². The van der Waals surface area contributed by atoms with E-state index in [1.807, 2.05) is 0 Å². The molecule has 6 fully saturated rings. The van der Waals surface area contributed by atoms with Crippen LogP contribution in [0.4, 0.5) is 0 Å². The lowest BCUT2D eigenvalue weighted by molar-refractivity contribution is -0.142. The fourth-order valence-electron chi connectivity index (χ4n) is 7.61. The number of likely N-dealkylation sites (tertiary alicyclic amines) is 1. The first-order valence-corrected chi connectivity index (χ1v) is 10.2. The number of piperidine rings is 1. The second-order valence-electron chi connectivity index (χ2n) is 9.78. The maximum Gasteiger partial charge on any atom is 0.101 e. The summed E-state index contributed by atoms with van der Waals surface area (Å²) in [4.78, 5) is 2.49. The zero-order chi connectivity index (χ0) is 16.4. The Bertz CT molecular complexity index is 542. The van der Waals surface area contributed by atoms with Crippen LogP contribution in [0.1, 0.15) is 64.2 Å². The van der Waals surface area contributed by atoms with Gasteiger partial charge in [0.05, 0.1) is 11.7 Å². The Morgan fingerprint density at radius 2 is 1.92 bits per heavy atom. The molecule has 1 heterocycles. The lowest BCUT2D eigenvalue weighted by Gasteiger charge is -2.60. The zero-order valence-corrected chi connectivity index (χ0v) is 14.7. The highest BCUT2D eigenvalue weighted by atomic mass is 16.3. The highest BCUT2D eigenvalue weighted by Crippen LogP contribution is 2.57. The van der Waals surface area contributed by atoms with Gasteiger partial charge in [-0.25, -0.2) is 0 Å². The highest BCUT2D eigenvalue weighted by Gasteiger charge is 2.56. The van der Waals surface area contributed by atoms with Gasteiger partial charge in [-0.2, -0.15) is 5.26 Å². The van der Waals surface area contributed by atoms with Crippen LogP contribution in [0.2, 0.25) is 0 Å². The predicted molar refractivity (Wildman–Crippen MR) is 92.2 cm³/mol. The van der Waals surface area contributed by atoms with Crippen LogP contribution in [0.3, 0.4) is 0 Å². The van der Waals surface area contributed by atoms with E-state index < -0.39 is 0 Å². The summed E-state index contributed by atoms with van der Waals surface area (Å²) >= 11 is 0. The van der Waals surface area contributed by atoms with Gasteiger partial charge in [0.25, 0.3) is 0 Å². The normalized spacial score (nSPS) is 52.1. The van der Waals surface area contributed by atoms with Crippen LogP contribution in [0.25, 0.3) is 0 Å². The third-order valence-corrected chi connectivity index (χ3v) is 7.97. The summed E-state index contributed by atoms with van der Waals surface area (Å²) in [5.74, 6) is 2.15. The van der Waals surface area contributed by atoms with Crippen molar-refractivity contribution in [3.8, 4) is 6.07 Å². The lowest BCUT2D eigenvalue weighted by Crippen LogP contribution is -2.64. The smallest absolute Gasteiger partial charge is 0.101 e. The van der Waals surface area contributed by atoms with Crippen LogP contribution in [0, 0.1) is 29.1 Å². The molecule has 4 heteroatoms. The number of rotatable bonds is 5. The molecule has 6 aliphatic rings. The van der Waals surface area contributed by atoms with E-state index in [-0.39, 0.29) is 17.2 Å². The Hall–Kier alpha value is -0.630. The maximum atomic E-state index is 10.9. The van der Waals surface area contributed by atoms with Crippen LogP contribution >= 0.6 is 0 Å². The first kappa shape index (κ1) is 15.6. The maximum absolute atomic E-state index is 10.9. The molecule has 6 rings (SSSR count). The standard InChI is InChI=1S/C20H31N3O/c21-12-18-16-2-3-17(7-16)23(18)5-1-4-22-19-8-14-6-15(9-19)11-20(24,10-14)13-19/h14-18,22,24H,1-11,13H2/t14?,15?,16?,17?,18-,19?,20?/m0/s1. The summed E-state index contributed by atoms with van der Waals surface area (Å²) < 4.78 is 0. The fraction of sp³-hybridized carbons (Fsp3) is 0.950. The molecule has 2 N–H and O–H groups in total. The van der Waals surface area contributed by atoms with Gasteiger partial charge in [-0.05, 0) is 88.5 Å². The van der Waals surface area contributed by atoms with Gasteiger partial charge in [0.15, 0.2) is 0 Å². The van der Waals surface area contributed by atoms with Crippen molar-refractivity contribution in [2.24, 2.45) is 17.8 Å². The molecule has 1 saturated heterocycles. The Kier molecular flexibility index (Phi) is 3.53. The second-order valence-corrected chi connectivity index (χ2v) is 9.78. The molecule has 4 nitrogen and oxygen atoms in total. The summed E-state index contributed by atoms with van der Waals surface area (Å²) in [5, 5.41) is 24.2. The van der Waals surface area contributed by atoms with Gasteiger partial charge in [0.2, 0.25) is 0 Å². The minimum absolute atomic E-state index is 0.184. The molecular weight excluding hydrogens is 298 g/mol. The van der Waals surface area contributed by atoms with E-state index >= 15 is 0 Å². The van der Waals surface area contributed by atoms with Crippen LogP contribution in [0.15, 0.2) is 0 Å². The second kappa shape index (κ2) is 5.43. The number of hydrogen-bond acceptors (Lipinski definition) is 4. The number of nitrogens with one attached hydrogen (secondary N) is 1. The van der Waals surface area contributed by atoms with Crippen LogP contribution in [-0.4, -0.2) is 46.3 Å². The Balaban J connectivity index is 1.16. The largest absolute Gasteiger partial charge is 0.390 e. The van der Waals surface area contributed by atoms with Crippen LogP contribution < -0.4 is 5.32 Å². The molecule has 1 aliphatic heterocycles. The van der Waals surface area contributed by atoms with Gasteiger partial charge < -0.3 is 10.4 Å². The minimum atomic E-state index is -0.364. The number of hydrogen-bond donors (Lipinski definition) is 2. The molecule has 24 heavy (non-hydrogen) atoms. The molecule has 0 aromatic heterocycles. The molecule has 4 unspecified atom stereocenters. The summed E-state index contributed by atoms with van der Waals surface area (Å²) in [6.45, 7) is 2.11. The number of aliphatic hydroxyl groups is 1. The molecule has 0 aromatic rings. The van der Waals surface area contributed by atoms with E-state index in [2.05, 4.69) is 16.3 Å². The predicted octanol–water partition coefficient (Wildman–Crippen LogP) is 2.43. The van der Waals surface area contributed by atoms with Gasteiger partial charge in [-0.1, -0.05) is 0 Å². The first-order valence-electron chi connectivity index (χ1n) is 10.2. The van der Waals surface area contributed by atoms with E-state index in [0.717, 1.165) is 50.6 Å². The summed E-state index contributed by atoms with van der Waals surface area (Å²) in [6, 6.07) is 3.42. The summed E-state index contributed by atoms with van der Waals surface area (Å²) in [7, 11) is 0. The molecule has 5 aliphatic carbocycles. The molecule has 5 atom stereocenters. The molecule has 0 spiro atoms. The SMILES string of the molecule is N#C[C@H]1C2CCC(C2)N1CCCNC12CC3CC(CC(O)(C3)C1)C2. The number of nitrogens with zero attached hydrogens (tertiary/aromatic N) is 2. The number of fused-ring (bicyclic) bond motifs is 2. The van der Waals surface area contributed by atoms with Crippen LogP contribution in [0.5, 0.6) is 0 Å². The van der Waals surface area contributed by atoms with Crippen molar-refractivity contribution in [2.75, 3.05) is 13.1 Å². The number of nitriles is 1. The first-order chi connectivity index (χ1) is 11.6. The average Bonchev–Trinajstić information content (AvgIpc) is 3.09. The molecule has 6 bridgehead atoms. The average molecular weight is 329 g/mol. The lowest BCUT2D eigenvalue weighted by atomic mass is 9.51. The van der Waals surface area contributed by atoms with Gasteiger partial charge >= 0.3 is 0 Å². The van der Waals surface area contributed by atoms with Gasteiger partial charge in [0.1, 0.15) is 6.04 Å². The van der Waals surface area contributed by atoms with E-state index in [0.29, 0.717) is 12.0 Å². The van der Waals surface area contributed by atoms with Crippen molar-refractivity contribution in [3.63, 3.8) is 0 Å². The molecule has 5 saturated carbocycles. The van der Waals surface area contributed by atoms with Crippen molar-refractivity contribution in [1.82, 2.24) is 10.2 Å². The molecule has 0 radical (unpaired) electrons. The van der Waals surface area contributed by atoms with Crippen LogP contribution in [-0.2, 0) is 0 Å².